The Bertz CT molecular complexity index is 1340. The number of halogens is 5. The van der Waals surface area contributed by atoms with Crippen molar-refractivity contribution in [3.05, 3.63) is 59.7 Å². The van der Waals surface area contributed by atoms with Gasteiger partial charge in [0, 0.05) is 43.2 Å². The monoisotopic (exact) mass is 551 g/mol. The highest BCUT2D eigenvalue weighted by molar-refractivity contribution is 5.90. The molecule has 1 atom stereocenters. The first kappa shape index (κ1) is 28.0. The fourth-order valence-electron chi connectivity index (χ4n) is 4.48. The Labute approximate surface area is 220 Å². The minimum absolute atomic E-state index is 0.0366. The van der Waals surface area contributed by atoms with Gasteiger partial charge in [-0.05, 0) is 49.9 Å². The molecule has 0 spiro atoms. The van der Waals surface area contributed by atoms with E-state index in [4.69, 9.17) is 0 Å². The van der Waals surface area contributed by atoms with Crippen LogP contribution in [-0.4, -0.2) is 54.2 Å². The molecule has 2 N–H and O–H groups in total. The van der Waals surface area contributed by atoms with Gasteiger partial charge in [-0.25, -0.2) is 18.6 Å². The molecule has 8 nitrogen and oxygen atoms in total. The molecule has 2 aromatic carbocycles. The second kappa shape index (κ2) is 11.4. The normalized spacial score (nSPS) is 18.3. The molecule has 1 unspecified atom stereocenters. The Kier molecular flexibility index (Phi) is 8.17. The van der Waals surface area contributed by atoms with Crippen molar-refractivity contribution in [2.24, 2.45) is 0 Å². The molecule has 1 saturated carbocycles. The molecule has 4 rings (SSSR count). The number of alkyl halides is 3. The smallest absolute Gasteiger partial charge is 0.441 e. The molecule has 1 aromatic heterocycles. The maximum atomic E-state index is 13.7. The number of esters is 1. The molecule has 1 fully saturated rings. The van der Waals surface area contributed by atoms with Crippen molar-refractivity contribution < 1.29 is 36.3 Å². The summed E-state index contributed by atoms with van der Waals surface area (Å²) < 4.78 is 70.2. The number of hydrogen-bond donors (Lipinski definition) is 2. The molecule has 0 radical (unpaired) electrons. The van der Waals surface area contributed by atoms with Crippen LogP contribution in [0.2, 0.25) is 0 Å². The topological polar surface area (TPSA) is 96.5 Å². The minimum atomic E-state index is -5.40. The fraction of sp³-hybridized carbons (Fsp3) is 0.385. The SMILES string of the molecule is CN(C)c1nc(NC2CCC(NC(=O)C(OC(=O)C(F)(F)F)c3cc(F)cc(F)c3)CC2)nc2ccccc12. The van der Waals surface area contributed by atoms with Gasteiger partial charge < -0.3 is 20.3 Å². The number of hydrogen-bond acceptors (Lipinski definition) is 7. The van der Waals surface area contributed by atoms with E-state index in [1.54, 1.807) is 0 Å². The number of nitrogens with one attached hydrogen (secondary N) is 2. The Balaban J connectivity index is 1.42. The van der Waals surface area contributed by atoms with Crippen molar-refractivity contribution in [2.45, 2.75) is 50.0 Å². The molecule has 0 aliphatic heterocycles. The Morgan fingerprint density at radius 1 is 0.974 bits per heavy atom. The Morgan fingerprint density at radius 2 is 1.59 bits per heavy atom. The molecule has 1 aliphatic carbocycles. The number of para-hydroxylation sites is 1. The predicted octanol–water partition coefficient (Wildman–Crippen LogP) is 4.66. The Morgan fingerprint density at radius 3 is 2.21 bits per heavy atom. The summed E-state index contributed by atoms with van der Waals surface area (Å²) in [6.07, 6.45) is -5.56. The van der Waals surface area contributed by atoms with Gasteiger partial charge in [0.25, 0.3) is 5.91 Å². The lowest BCUT2D eigenvalue weighted by molar-refractivity contribution is -0.205. The average Bonchev–Trinajstić information content (AvgIpc) is 2.86. The van der Waals surface area contributed by atoms with E-state index in [1.807, 2.05) is 43.3 Å². The summed E-state index contributed by atoms with van der Waals surface area (Å²) in [6, 6.07) is 8.87. The molecule has 1 aliphatic rings. The van der Waals surface area contributed by atoms with E-state index in [1.165, 1.54) is 0 Å². The minimum Gasteiger partial charge on any atom is -0.441 e. The van der Waals surface area contributed by atoms with E-state index in [9.17, 15) is 31.5 Å². The number of nitrogens with zero attached hydrogens (tertiary/aromatic N) is 3. The van der Waals surface area contributed by atoms with E-state index < -0.39 is 47.4 Å². The van der Waals surface area contributed by atoms with E-state index >= 15 is 0 Å². The summed E-state index contributed by atoms with van der Waals surface area (Å²) in [4.78, 5) is 35.4. The first-order valence-electron chi connectivity index (χ1n) is 12.2. The molecule has 3 aromatic rings. The highest BCUT2D eigenvalue weighted by Gasteiger charge is 2.44. The Hall–Kier alpha value is -4.03. The van der Waals surface area contributed by atoms with Crippen molar-refractivity contribution in [3.8, 4) is 0 Å². The largest absolute Gasteiger partial charge is 0.490 e. The van der Waals surface area contributed by atoms with Gasteiger partial charge in [0.2, 0.25) is 12.1 Å². The zero-order valence-corrected chi connectivity index (χ0v) is 21.1. The van der Waals surface area contributed by atoms with Gasteiger partial charge in [-0.3, -0.25) is 4.79 Å². The lowest BCUT2D eigenvalue weighted by Crippen LogP contribution is -2.43. The molecular weight excluding hydrogens is 525 g/mol. The van der Waals surface area contributed by atoms with Crippen LogP contribution in [0.25, 0.3) is 10.9 Å². The fourth-order valence-corrected chi connectivity index (χ4v) is 4.48. The molecule has 13 heteroatoms. The standard InChI is InChI=1S/C26H26F5N5O3/c1-36(2)22-19-5-3-4-6-20(19)34-25(35-22)33-18-9-7-17(8-10-18)32-23(37)21(39-24(38)26(29,30)31)14-11-15(27)13-16(28)12-14/h3-6,11-13,17-18,21H,7-10H2,1-2H3,(H,32,37)(H,33,34,35). The van der Waals surface area contributed by atoms with E-state index in [2.05, 4.69) is 25.3 Å². The van der Waals surface area contributed by atoms with Crippen LogP contribution in [0.3, 0.4) is 0 Å². The summed E-state index contributed by atoms with van der Waals surface area (Å²) in [6.45, 7) is 0. The van der Waals surface area contributed by atoms with Crippen LogP contribution in [0.15, 0.2) is 42.5 Å². The number of anilines is 2. The highest BCUT2D eigenvalue weighted by Crippen LogP contribution is 2.29. The van der Waals surface area contributed by atoms with E-state index in [0.29, 0.717) is 49.8 Å². The third-order valence-electron chi connectivity index (χ3n) is 6.30. The van der Waals surface area contributed by atoms with Gasteiger partial charge in [0.05, 0.1) is 5.52 Å². The molecule has 208 valence electrons. The summed E-state index contributed by atoms with van der Waals surface area (Å²) in [5.41, 5.74) is 0.219. The summed E-state index contributed by atoms with van der Waals surface area (Å²) in [5, 5.41) is 6.76. The zero-order chi connectivity index (χ0) is 28.3. The lowest BCUT2D eigenvalue weighted by atomic mass is 9.91. The van der Waals surface area contributed by atoms with Gasteiger partial charge in [-0.1, -0.05) is 12.1 Å². The molecular formula is C26H26F5N5O3. The van der Waals surface area contributed by atoms with Gasteiger partial charge in [-0.2, -0.15) is 18.2 Å². The number of amides is 1. The number of carbonyl (C=O) groups excluding carboxylic acids is 2. The van der Waals surface area contributed by atoms with Crippen LogP contribution in [-0.2, 0) is 14.3 Å². The number of aromatic nitrogens is 2. The van der Waals surface area contributed by atoms with E-state index in [-0.39, 0.29) is 6.04 Å². The molecule has 1 heterocycles. The van der Waals surface area contributed by atoms with E-state index in [0.717, 1.165) is 16.7 Å². The zero-order valence-electron chi connectivity index (χ0n) is 21.1. The second-order valence-corrected chi connectivity index (χ2v) is 9.47. The van der Waals surface area contributed by atoms with Crippen molar-refractivity contribution in [1.82, 2.24) is 15.3 Å². The first-order chi connectivity index (χ1) is 18.4. The van der Waals surface area contributed by atoms with Crippen LogP contribution in [0, 0.1) is 11.6 Å². The number of ether oxygens (including phenoxy) is 1. The molecule has 0 saturated heterocycles. The summed E-state index contributed by atoms with van der Waals surface area (Å²) in [5.74, 6) is -4.83. The van der Waals surface area contributed by atoms with Crippen molar-refractivity contribution in [2.75, 3.05) is 24.3 Å². The number of rotatable bonds is 7. The average molecular weight is 552 g/mol. The molecule has 0 bridgehead atoms. The third-order valence-corrected chi connectivity index (χ3v) is 6.30. The highest BCUT2D eigenvalue weighted by atomic mass is 19.4. The van der Waals surface area contributed by atoms with Gasteiger partial charge in [0.1, 0.15) is 17.5 Å². The van der Waals surface area contributed by atoms with Crippen LogP contribution in [0.4, 0.5) is 33.7 Å². The summed E-state index contributed by atoms with van der Waals surface area (Å²) >= 11 is 0. The van der Waals surface area contributed by atoms with Gasteiger partial charge >= 0.3 is 12.1 Å². The van der Waals surface area contributed by atoms with Crippen molar-refractivity contribution in [3.63, 3.8) is 0 Å². The van der Waals surface area contributed by atoms with Gasteiger partial charge in [-0.15, -0.1) is 0 Å². The maximum Gasteiger partial charge on any atom is 0.490 e. The first-order valence-corrected chi connectivity index (χ1v) is 12.2. The molecule has 1 amide bonds. The lowest BCUT2D eigenvalue weighted by Gasteiger charge is -2.31. The number of fused-ring (bicyclic) bond motifs is 1. The van der Waals surface area contributed by atoms with Crippen LogP contribution < -0.4 is 15.5 Å². The van der Waals surface area contributed by atoms with Crippen molar-refractivity contribution >= 4 is 34.5 Å². The quantitative estimate of drug-likeness (QED) is 0.326. The van der Waals surface area contributed by atoms with Crippen molar-refractivity contribution in [1.29, 1.82) is 0 Å². The third kappa shape index (κ3) is 6.89. The van der Waals surface area contributed by atoms with Crippen LogP contribution >= 0.6 is 0 Å². The van der Waals surface area contributed by atoms with Gasteiger partial charge in [0.15, 0.2) is 0 Å². The van der Waals surface area contributed by atoms with Crippen LogP contribution in [0.5, 0.6) is 0 Å². The predicted molar refractivity (Wildman–Crippen MR) is 133 cm³/mol. The number of benzene rings is 2. The summed E-state index contributed by atoms with van der Waals surface area (Å²) in [7, 11) is 3.76. The maximum absolute atomic E-state index is 13.7. The number of carbonyl (C=O) groups is 2. The molecule has 39 heavy (non-hydrogen) atoms. The van der Waals surface area contributed by atoms with Crippen LogP contribution in [0.1, 0.15) is 37.4 Å². The second-order valence-electron chi connectivity index (χ2n) is 9.47.